The Bertz CT molecular complexity index is 656. The Morgan fingerprint density at radius 2 is 1.82 bits per heavy atom. The minimum atomic E-state index is 0. The summed E-state index contributed by atoms with van der Waals surface area (Å²) in [6.07, 6.45) is 9.24. The normalized spacial score (nSPS) is 24.7. The van der Waals surface area contributed by atoms with E-state index in [0.29, 0.717) is 17.7 Å². The molecule has 6 heteroatoms. The number of carbonyl (C=O) groups excluding carboxylic acids is 1. The molecule has 2 fully saturated rings. The van der Waals surface area contributed by atoms with E-state index in [4.69, 9.17) is 4.99 Å². The number of amidine groups is 1. The van der Waals surface area contributed by atoms with Crippen LogP contribution in [0.4, 0.5) is 5.69 Å². The molecule has 0 radical (unpaired) electrons. The summed E-state index contributed by atoms with van der Waals surface area (Å²) in [6.45, 7) is 4.35. The second-order valence-electron chi connectivity index (χ2n) is 7.86. The van der Waals surface area contributed by atoms with Crippen LogP contribution in [0.5, 0.6) is 0 Å². The van der Waals surface area contributed by atoms with Gasteiger partial charge >= 0.3 is 0 Å². The van der Waals surface area contributed by atoms with Crippen molar-refractivity contribution in [2.24, 2.45) is 4.99 Å². The number of carbonyl (C=O) groups is 1. The highest BCUT2D eigenvalue weighted by Gasteiger charge is 2.35. The first kappa shape index (κ1) is 23.1. The number of halogens is 1. The highest BCUT2D eigenvalue weighted by molar-refractivity contribution is 8.14. The van der Waals surface area contributed by atoms with E-state index in [9.17, 15) is 4.79 Å². The van der Waals surface area contributed by atoms with Crippen LogP contribution in [0.25, 0.3) is 0 Å². The lowest BCUT2D eigenvalue weighted by Crippen LogP contribution is -2.36. The van der Waals surface area contributed by atoms with Gasteiger partial charge in [-0.3, -0.25) is 9.79 Å². The smallest absolute Gasteiger partial charge is 0.226 e. The van der Waals surface area contributed by atoms with Crippen molar-refractivity contribution in [3.63, 3.8) is 0 Å². The predicted octanol–water partition coefficient (Wildman–Crippen LogP) is 5.51. The minimum absolute atomic E-state index is 0. The second kappa shape index (κ2) is 11.1. The number of hydrogen-bond acceptors (Lipinski definition) is 3. The predicted molar refractivity (Wildman–Crippen MR) is 124 cm³/mol. The zero-order valence-corrected chi connectivity index (χ0v) is 19.0. The second-order valence-corrected chi connectivity index (χ2v) is 9.21. The summed E-state index contributed by atoms with van der Waals surface area (Å²) in [4.78, 5) is 19.9. The van der Waals surface area contributed by atoms with Gasteiger partial charge in [0.2, 0.25) is 5.91 Å². The average molecular weight is 424 g/mol. The highest BCUT2D eigenvalue weighted by atomic mass is 35.5. The first-order valence-electron chi connectivity index (χ1n) is 10.4. The van der Waals surface area contributed by atoms with Gasteiger partial charge in [0.25, 0.3) is 0 Å². The van der Waals surface area contributed by atoms with Gasteiger partial charge in [-0.1, -0.05) is 63.4 Å². The Morgan fingerprint density at radius 1 is 1.18 bits per heavy atom. The van der Waals surface area contributed by atoms with E-state index >= 15 is 0 Å². The van der Waals surface area contributed by atoms with Crippen LogP contribution in [0.1, 0.15) is 64.4 Å². The topological polar surface area (TPSA) is 44.7 Å². The molecule has 156 valence electrons. The first-order chi connectivity index (χ1) is 13.1. The van der Waals surface area contributed by atoms with Crippen LogP contribution in [-0.2, 0) is 11.2 Å². The molecule has 1 N–H and O–H groups in total. The number of hydrogen-bond donors (Lipinski definition) is 1. The highest BCUT2D eigenvalue weighted by Crippen LogP contribution is 2.33. The first-order valence-corrected chi connectivity index (χ1v) is 11.3. The van der Waals surface area contributed by atoms with E-state index in [0.717, 1.165) is 17.3 Å². The molecule has 1 aromatic carbocycles. The Balaban J connectivity index is 0.00000280. The number of nitrogens with zero attached hydrogens (tertiary/aromatic N) is 2. The summed E-state index contributed by atoms with van der Waals surface area (Å²) in [5, 5.41) is 4.56. The summed E-state index contributed by atoms with van der Waals surface area (Å²) in [6, 6.07) is 8.81. The molecule has 1 aliphatic heterocycles. The molecule has 3 rings (SSSR count). The molecule has 0 aromatic heterocycles. The zero-order chi connectivity index (χ0) is 19.2. The van der Waals surface area contributed by atoms with Crippen LogP contribution >= 0.6 is 24.2 Å². The van der Waals surface area contributed by atoms with Crippen molar-refractivity contribution in [2.75, 3.05) is 12.4 Å². The molecule has 1 aromatic rings. The Kier molecular flexibility index (Phi) is 9.16. The van der Waals surface area contributed by atoms with E-state index in [1.54, 1.807) is 0 Å². The number of rotatable bonds is 5. The molecular weight excluding hydrogens is 390 g/mol. The Hall–Kier alpha value is -1.20. The molecule has 1 heterocycles. The van der Waals surface area contributed by atoms with Gasteiger partial charge < -0.3 is 10.2 Å². The Morgan fingerprint density at radius 3 is 2.43 bits per heavy atom. The van der Waals surface area contributed by atoms with Crippen molar-refractivity contribution in [2.45, 2.75) is 82.5 Å². The van der Waals surface area contributed by atoms with Gasteiger partial charge in [0.15, 0.2) is 5.17 Å². The fraction of sp³-hybridized carbons (Fsp3) is 0.636. The average Bonchev–Trinajstić information content (AvgIpc) is 2.85. The van der Waals surface area contributed by atoms with E-state index in [2.05, 4.69) is 43.2 Å². The van der Waals surface area contributed by atoms with E-state index in [1.165, 1.54) is 44.1 Å². The SMILES string of the molecule is CCc1ccc(NC(=O)CC2C(C)SC(=NC3CCCCCC3)N2C)cc1.Cl. The number of anilines is 1. The monoisotopic (exact) mass is 423 g/mol. The standard InChI is InChI=1S/C22H33N3OS.ClH/c1-4-17-11-13-19(14-12-17)23-21(26)15-20-16(2)27-22(25(20)3)24-18-9-7-5-6-8-10-18;/h11-14,16,18,20H,4-10,15H2,1-3H3,(H,23,26);1H. The third kappa shape index (κ3) is 6.15. The van der Waals surface area contributed by atoms with E-state index in [1.807, 2.05) is 23.9 Å². The van der Waals surface area contributed by atoms with Crippen LogP contribution < -0.4 is 5.32 Å². The van der Waals surface area contributed by atoms with Gasteiger partial charge in [-0.2, -0.15) is 0 Å². The van der Waals surface area contributed by atoms with Crippen molar-refractivity contribution in [1.29, 1.82) is 0 Å². The Labute approximate surface area is 180 Å². The third-order valence-corrected chi connectivity index (χ3v) is 7.08. The molecule has 1 amide bonds. The van der Waals surface area contributed by atoms with Crippen molar-refractivity contribution < 1.29 is 4.79 Å². The van der Waals surface area contributed by atoms with Gasteiger partial charge in [-0.15, -0.1) is 12.4 Å². The quantitative estimate of drug-likeness (QED) is 0.634. The third-order valence-electron chi connectivity index (χ3n) is 5.79. The lowest BCUT2D eigenvalue weighted by atomic mass is 10.1. The lowest BCUT2D eigenvalue weighted by Gasteiger charge is -2.23. The zero-order valence-electron chi connectivity index (χ0n) is 17.3. The number of benzene rings is 1. The molecule has 1 saturated heterocycles. The molecular formula is C22H34ClN3OS. The van der Waals surface area contributed by atoms with E-state index in [-0.39, 0.29) is 24.4 Å². The fourth-order valence-electron chi connectivity index (χ4n) is 3.98. The van der Waals surface area contributed by atoms with Gasteiger partial charge in [0.05, 0.1) is 12.1 Å². The maximum atomic E-state index is 12.6. The number of aliphatic imine (C=N–C) groups is 1. The van der Waals surface area contributed by atoms with Crippen LogP contribution in [0, 0.1) is 0 Å². The number of aryl methyl sites for hydroxylation is 1. The molecule has 2 atom stereocenters. The maximum Gasteiger partial charge on any atom is 0.226 e. The van der Waals surface area contributed by atoms with Crippen LogP contribution in [0.2, 0.25) is 0 Å². The molecule has 0 bridgehead atoms. The van der Waals surface area contributed by atoms with Crippen LogP contribution in [-0.4, -0.2) is 40.4 Å². The molecule has 28 heavy (non-hydrogen) atoms. The van der Waals surface area contributed by atoms with E-state index < -0.39 is 0 Å². The number of thioether (sulfide) groups is 1. The molecule has 1 aliphatic carbocycles. The minimum Gasteiger partial charge on any atom is -0.350 e. The maximum absolute atomic E-state index is 12.6. The van der Waals surface area contributed by atoms with Crippen LogP contribution in [0.3, 0.4) is 0 Å². The van der Waals surface area contributed by atoms with Gasteiger partial charge in [-0.05, 0) is 37.0 Å². The van der Waals surface area contributed by atoms with Gasteiger partial charge in [-0.25, -0.2) is 0 Å². The summed E-state index contributed by atoms with van der Waals surface area (Å²) in [5.74, 6) is 0.0827. The van der Waals surface area contributed by atoms with Gasteiger partial charge in [0.1, 0.15) is 0 Å². The summed E-state index contributed by atoms with van der Waals surface area (Å²) in [5.41, 5.74) is 2.17. The molecule has 2 unspecified atom stereocenters. The van der Waals surface area contributed by atoms with Crippen LogP contribution in [0.15, 0.2) is 29.3 Å². The summed E-state index contributed by atoms with van der Waals surface area (Å²) in [7, 11) is 2.10. The summed E-state index contributed by atoms with van der Waals surface area (Å²) < 4.78 is 0. The van der Waals surface area contributed by atoms with Crippen molar-refractivity contribution in [1.82, 2.24) is 4.90 Å². The number of amides is 1. The van der Waals surface area contributed by atoms with Crippen molar-refractivity contribution in [3.8, 4) is 0 Å². The summed E-state index contributed by atoms with van der Waals surface area (Å²) >= 11 is 1.83. The molecule has 2 aliphatic rings. The molecule has 0 spiro atoms. The lowest BCUT2D eigenvalue weighted by molar-refractivity contribution is -0.117. The largest absolute Gasteiger partial charge is 0.350 e. The fourth-order valence-corrected chi connectivity index (χ4v) is 5.26. The van der Waals surface area contributed by atoms with Crippen molar-refractivity contribution in [3.05, 3.63) is 29.8 Å². The molecule has 4 nitrogen and oxygen atoms in total. The van der Waals surface area contributed by atoms with Gasteiger partial charge in [0, 0.05) is 24.4 Å². The number of nitrogens with one attached hydrogen (secondary N) is 1. The molecule has 1 saturated carbocycles. The van der Waals surface area contributed by atoms with Crippen molar-refractivity contribution >= 4 is 40.9 Å².